The van der Waals surface area contributed by atoms with E-state index in [1.54, 1.807) is 24.4 Å². The van der Waals surface area contributed by atoms with E-state index in [1.165, 1.54) is 0 Å². The van der Waals surface area contributed by atoms with E-state index < -0.39 is 0 Å². The number of amides is 1. The van der Waals surface area contributed by atoms with Crippen molar-refractivity contribution < 1.29 is 9.53 Å². The van der Waals surface area contributed by atoms with Crippen LogP contribution in [0.3, 0.4) is 0 Å². The van der Waals surface area contributed by atoms with Crippen LogP contribution in [0.4, 0.5) is 0 Å². The minimum absolute atomic E-state index is 0.0651. The van der Waals surface area contributed by atoms with Crippen molar-refractivity contribution in [3.8, 4) is 5.75 Å². The first-order valence-electron chi connectivity index (χ1n) is 7.01. The predicted molar refractivity (Wildman–Crippen MR) is 84.8 cm³/mol. The van der Waals surface area contributed by atoms with Crippen LogP contribution < -0.4 is 10.2 Å². The first kappa shape index (κ1) is 15.6. The second-order valence-corrected chi connectivity index (χ2v) is 5.49. The van der Waals surface area contributed by atoms with Gasteiger partial charge < -0.3 is 4.74 Å². The van der Waals surface area contributed by atoms with E-state index in [2.05, 4.69) is 22.7 Å². The molecule has 0 saturated carbocycles. The maximum Gasteiger partial charge on any atom is 0.277 e. The van der Waals surface area contributed by atoms with Gasteiger partial charge in [-0.15, -0.1) is 0 Å². The SMILES string of the molecule is Cc1cc(Cl)ccc1OCC(=O)N/N=C\[C@H]1CC=CCC1. The van der Waals surface area contributed by atoms with Gasteiger partial charge in [0.25, 0.3) is 5.91 Å². The fourth-order valence-corrected chi connectivity index (χ4v) is 2.34. The van der Waals surface area contributed by atoms with Crippen LogP contribution in [0.15, 0.2) is 35.5 Å². The summed E-state index contributed by atoms with van der Waals surface area (Å²) in [5, 5.41) is 4.63. The highest BCUT2D eigenvalue weighted by molar-refractivity contribution is 6.30. The minimum atomic E-state index is -0.271. The Labute approximate surface area is 129 Å². The van der Waals surface area contributed by atoms with Crippen LogP contribution in [0.2, 0.25) is 5.02 Å². The fraction of sp³-hybridized carbons (Fsp3) is 0.375. The molecule has 0 saturated heterocycles. The number of hydrogen-bond donors (Lipinski definition) is 1. The normalized spacial score (nSPS) is 17.9. The molecule has 112 valence electrons. The van der Waals surface area contributed by atoms with E-state index in [0.717, 1.165) is 24.8 Å². The molecule has 0 heterocycles. The highest BCUT2D eigenvalue weighted by Crippen LogP contribution is 2.21. The molecule has 2 rings (SSSR count). The summed E-state index contributed by atoms with van der Waals surface area (Å²) in [5.41, 5.74) is 3.38. The van der Waals surface area contributed by atoms with Crippen molar-refractivity contribution in [1.82, 2.24) is 5.43 Å². The molecule has 1 N–H and O–H groups in total. The number of carbonyl (C=O) groups is 1. The Bertz CT molecular complexity index is 555. The maximum atomic E-state index is 11.6. The third-order valence-electron chi connectivity index (χ3n) is 3.28. The summed E-state index contributed by atoms with van der Waals surface area (Å²) in [5.74, 6) is 0.789. The molecule has 4 nitrogen and oxygen atoms in total. The van der Waals surface area contributed by atoms with Gasteiger partial charge >= 0.3 is 0 Å². The zero-order valence-corrected chi connectivity index (χ0v) is 12.8. The van der Waals surface area contributed by atoms with E-state index in [-0.39, 0.29) is 12.5 Å². The van der Waals surface area contributed by atoms with Crippen LogP contribution in [0.5, 0.6) is 5.75 Å². The van der Waals surface area contributed by atoms with E-state index in [4.69, 9.17) is 16.3 Å². The van der Waals surface area contributed by atoms with Gasteiger partial charge in [-0.2, -0.15) is 5.10 Å². The molecule has 1 aromatic rings. The molecule has 1 aliphatic rings. The molecule has 0 aromatic heterocycles. The van der Waals surface area contributed by atoms with Crippen molar-refractivity contribution in [2.75, 3.05) is 6.61 Å². The Balaban J connectivity index is 1.74. The molecule has 0 bridgehead atoms. The van der Waals surface area contributed by atoms with Gasteiger partial charge in [0, 0.05) is 11.2 Å². The Hall–Kier alpha value is -1.81. The number of hydrogen-bond acceptors (Lipinski definition) is 3. The first-order valence-corrected chi connectivity index (χ1v) is 7.39. The van der Waals surface area contributed by atoms with Crippen molar-refractivity contribution in [2.45, 2.75) is 26.2 Å². The number of allylic oxidation sites excluding steroid dienone is 2. The summed E-state index contributed by atoms with van der Waals surface area (Å²) in [7, 11) is 0. The average molecular weight is 307 g/mol. The Morgan fingerprint density at radius 1 is 1.52 bits per heavy atom. The zero-order chi connectivity index (χ0) is 15.1. The molecular formula is C16H19ClN2O2. The lowest BCUT2D eigenvalue weighted by Gasteiger charge is -2.12. The number of carbonyl (C=O) groups excluding carboxylic acids is 1. The summed E-state index contributed by atoms with van der Waals surface area (Å²) in [6.45, 7) is 1.82. The summed E-state index contributed by atoms with van der Waals surface area (Å²) < 4.78 is 5.44. The first-order chi connectivity index (χ1) is 10.1. The molecule has 0 spiro atoms. The van der Waals surface area contributed by atoms with Crippen molar-refractivity contribution in [3.63, 3.8) is 0 Å². The summed E-state index contributed by atoms with van der Waals surface area (Å²) in [6, 6.07) is 5.28. The molecule has 1 aromatic carbocycles. The maximum absolute atomic E-state index is 11.6. The van der Waals surface area contributed by atoms with Gasteiger partial charge in [0.05, 0.1) is 0 Å². The molecule has 0 unspecified atom stereocenters. The quantitative estimate of drug-likeness (QED) is 0.514. The predicted octanol–water partition coefficient (Wildman–Crippen LogP) is 3.49. The van der Waals surface area contributed by atoms with E-state index >= 15 is 0 Å². The molecule has 1 atom stereocenters. The fourth-order valence-electron chi connectivity index (χ4n) is 2.12. The number of benzene rings is 1. The van der Waals surface area contributed by atoms with Gasteiger partial charge in [0.15, 0.2) is 6.61 Å². The Morgan fingerprint density at radius 3 is 3.10 bits per heavy atom. The van der Waals surface area contributed by atoms with Gasteiger partial charge in [0.1, 0.15) is 5.75 Å². The minimum Gasteiger partial charge on any atom is -0.483 e. The van der Waals surface area contributed by atoms with E-state index in [9.17, 15) is 4.79 Å². The second-order valence-electron chi connectivity index (χ2n) is 5.06. The van der Waals surface area contributed by atoms with Crippen molar-refractivity contribution >= 4 is 23.7 Å². The number of aryl methyl sites for hydroxylation is 1. The molecule has 0 radical (unpaired) electrons. The topological polar surface area (TPSA) is 50.7 Å². The monoisotopic (exact) mass is 306 g/mol. The van der Waals surface area contributed by atoms with Crippen LogP contribution in [-0.2, 0) is 4.79 Å². The lowest BCUT2D eigenvalue weighted by Crippen LogP contribution is -2.25. The average Bonchev–Trinajstić information content (AvgIpc) is 2.47. The van der Waals surface area contributed by atoms with Gasteiger partial charge in [-0.25, -0.2) is 5.43 Å². The van der Waals surface area contributed by atoms with Crippen LogP contribution >= 0.6 is 11.6 Å². The molecule has 5 heteroatoms. The van der Waals surface area contributed by atoms with Crippen molar-refractivity contribution in [1.29, 1.82) is 0 Å². The smallest absolute Gasteiger partial charge is 0.277 e. The third-order valence-corrected chi connectivity index (χ3v) is 3.52. The lowest BCUT2D eigenvalue weighted by atomic mass is 9.96. The largest absolute Gasteiger partial charge is 0.483 e. The number of nitrogens with zero attached hydrogens (tertiary/aromatic N) is 1. The van der Waals surface area contributed by atoms with Crippen LogP contribution in [0, 0.1) is 12.8 Å². The van der Waals surface area contributed by atoms with Gasteiger partial charge in [0.2, 0.25) is 0 Å². The summed E-state index contributed by atoms with van der Waals surface area (Å²) in [4.78, 5) is 11.6. The number of hydrazone groups is 1. The molecule has 1 aliphatic carbocycles. The number of halogens is 1. The second kappa shape index (κ2) is 7.84. The Kier molecular flexibility index (Phi) is 5.81. The standard InChI is InChI=1S/C16H19ClN2O2/c1-12-9-14(17)7-8-15(12)21-11-16(20)19-18-10-13-5-3-2-4-6-13/h2-3,7-10,13H,4-6,11H2,1H3,(H,19,20)/b18-10-/t13-/m0/s1. The lowest BCUT2D eigenvalue weighted by molar-refractivity contribution is -0.123. The van der Waals surface area contributed by atoms with Gasteiger partial charge in [-0.1, -0.05) is 23.8 Å². The van der Waals surface area contributed by atoms with Crippen LogP contribution in [-0.4, -0.2) is 18.7 Å². The molecule has 0 aliphatic heterocycles. The molecule has 0 fully saturated rings. The van der Waals surface area contributed by atoms with Crippen LogP contribution in [0.1, 0.15) is 24.8 Å². The van der Waals surface area contributed by atoms with Crippen molar-refractivity contribution in [2.24, 2.45) is 11.0 Å². The summed E-state index contributed by atoms with van der Waals surface area (Å²) >= 11 is 5.86. The van der Waals surface area contributed by atoms with E-state index in [1.807, 2.05) is 6.92 Å². The molecular weight excluding hydrogens is 288 g/mol. The van der Waals surface area contributed by atoms with Gasteiger partial charge in [-0.05, 0) is 55.9 Å². The number of rotatable bonds is 5. The van der Waals surface area contributed by atoms with Crippen LogP contribution in [0.25, 0.3) is 0 Å². The molecule has 1 amide bonds. The Morgan fingerprint density at radius 2 is 2.38 bits per heavy atom. The third kappa shape index (κ3) is 5.23. The number of ether oxygens (including phenoxy) is 1. The zero-order valence-electron chi connectivity index (χ0n) is 12.0. The van der Waals surface area contributed by atoms with Gasteiger partial charge in [-0.3, -0.25) is 4.79 Å². The molecule has 21 heavy (non-hydrogen) atoms. The van der Waals surface area contributed by atoms with E-state index in [0.29, 0.717) is 16.7 Å². The summed E-state index contributed by atoms with van der Waals surface area (Å²) in [6.07, 6.45) is 9.26. The van der Waals surface area contributed by atoms with Crippen molar-refractivity contribution in [3.05, 3.63) is 40.9 Å². The highest BCUT2D eigenvalue weighted by atomic mass is 35.5. The number of nitrogens with one attached hydrogen (secondary N) is 1. The highest BCUT2D eigenvalue weighted by Gasteiger charge is 2.07.